The second-order valence-electron chi connectivity index (χ2n) is 5.16. The lowest BCUT2D eigenvalue weighted by Crippen LogP contribution is -2.43. The summed E-state index contributed by atoms with van der Waals surface area (Å²) in [6.45, 7) is 6.91. The van der Waals surface area contributed by atoms with Crippen LogP contribution in [0.5, 0.6) is 0 Å². The molecule has 112 valence electrons. The summed E-state index contributed by atoms with van der Waals surface area (Å²) in [6.07, 6.45) is 3.39. The van der Waals surface area contributed by atoms with Crippen LogP contribution in [0.25, 0.3) is 0 Å². The molecule has 1 amide bonds. The smallest absolute Gasteiger partial charge is 0.236 e. The molecule has 20 heavy (non-hydrogen) atoms. The lowest BCUT2D eigenvalue weighted by atomic mass is 10.1. The second-order valence-corrected chi connectivity index (χ2v) is 6.08. The number of nitrogens with one attached hydrogen (secondary N) is 2. The standard InChI is InChI=1S/C16H25BrN2O/c1-4-5-6-11-18-16(20)13(3)19-12(2)14-7-9-15(17)10-8-14/h7-10,12-13,19H,4-6,11H2,1-3H3,(H,18,20)/t12-,13?/m0/s1. The van der Waals surface area contributed by atoms with Gasteiger partial charge in [-0.25, -0.2) is 0 Å². The zero-order chi connectivity index (χ0) is 15.0. The maximum Gasteiger partial charge on any atom is 0.236 e. The van der Waals surface area contributed by atoms with Gasteiger partial charge in [-0.05, 0) is 38.0 Å². The number of rotatable bonds is 8. The Kier molecular flexibility index (Phi) is 7.85. The third-order valence-corrected chi connectivity index (χ3v) is 3.87. The van der Waals surface area contributed by atoms with Crippen LogP contribution < -0.4 is 10.6 Å². The van der Waals surface area contributed by atoms with Gasteiger partial charge in [-0.3, -0.25) is 10.1 Å². The number of hydrogen-bond acceptors (Lipinski definition) is 2. The Hall–Kier alpha value is -0.870. The maximum absolute atomic E-state index is 11.9. The molecule has 1 rings (SSSR count). The molecule has 4 heteroatoms. The first kappa shape index (κ1) is 17.2. The summed E-state index contributed by atoms with van der Waals surface area (Å²) >= 11 is 3.43. The van der Waals surface area contributed by atoms with Crippen molar-refractivity contribution in [3.05, 3.63) is 34.3 Å². The minimum Gasteiger partial charge on any atom is -0.355 e. The molecule has 0 saturated heterocycles. The minimum absolute atomic E-state index is 0.0741. The van der Waals surface area contributed by atoms with E-state index in [1.807, 2.05) is 19.1 Å². The van der Waals surface area contributed by atoms with E-state index in [0.29, 0.717) is 0 Å². The molecule has 0 fully saturated rings. The first-order chi connectivity index (χ1) is 9.54. The third kappa shape index (κ3) is 6.06. The van der Waals surface area contributed by atoms with Gasteiger partial charge in [0.05, 0.1) is 6.04 Å². The number of unbranched alkanes of at least 4 members (excludes halogenated alkanes) is 2. The molecule has 0 saturated carbocycles. The molecule has 0 radical (unpaired) electrons. The summed E-state index contributed by atoms with van der Waals surface area (Å²) in [5.41, 5.74) is 1.18. The Morgan fingerprint density at radius 3 is 2.45 bits per heavy atom. The molecule has 0 spiro atoms. The molecular formula is C16H25BrN2O. The summed E-state index contributed by atoms with van der Waals surface area (Å²) < 4.78 is 1.06. The highest BCUT2D eigenvalue weighted by atomic mass is 79.9. The highest BCUT2D eigenvalue weighted by Gasteiger charge is 2.15. The Bertz CT molecular complexity index is 405. The van der Waals surface area contributed by atoms with E-state index in [4.69, 9.17) is 0 Å². The quantitative estimate of drug-likeness (QED) is 0.706. The van der Waals surface area contributed by atoms with E-state index < -0.39 is 0 Å². The number of amides is 1. The summed E-state index contributed by atoms with van der Waals surface area (Å²) in [5, 5.41) is 6.30. The Morgan fingerprint density at radius 1 is 1.20 bits per heavy atom. The van der Waals surface area contributed by atoms with Crippen LogP contribution in [-0.2, 0) is 4.79 Å². The fraction of sp³-hybridized carbons (Fsp3) is 0.562. The van der Waals surface area contributed by atoms with Crippen molar-refractivity contribution in [1.29, 1.82) is 0 Å². The molecule has 1 unspecified atom stereocenters. The average molecular weight is 341 g/mol. The molecule has 3 nitrogen and oxygen atoms in total. The maximum atomic E-state index is 11.9. The lowest BCUT2D eigenvalue weighted by molar-refractivity contribution is -0.122. The van der Waals surface area contributed by atoms with E-state index in [1.54, 1.807) is 0 Å². The monoisotopic (exact) mass is 340 g/mol. The van der Waals surface area contributed by atoms with Gasteiger partial charge in [-0.15, -0.1) is 0 Å². The summed E-state index contributed by atoms with van der Waals surface area (Å²) in [5.74, 6) is 0.0741. The Balaban J connectivity index is 2.38. The van der Waals surface area contributed by atoms with Crippen molar-refractivity contribution in [1.82, 2.24) is 10.6 Å². The van der Waals surface area contributed by atoms with E-state index in [-0.39, 0.29) is 18.0 Å². The van der Waals surface area contributed by atoms with Gasteiger partial charge in [0, 0.05) is 17.1 Å². The Labute approximate surface area is 130 Å². The van der Waals surface area contributed by atoms with Crippen LogP contribution >= 0.6 is 15.9 Å². The highest BCUT2D eigenvalue weighted by Crippen LogP contribution is 2.16. The third-order valence-electron chi connectivity index (χ3n) is 3.34. The summed E-state index contributed by atoms with van der Waals surface area (Å²) in [6, 6.07) is 8.13. The normalized spacial score (nSPS) is 13.8. The molecular weight excluding hydrogens is 316 g/mol. The van der Waals surface area contributed by atoms with E-state index in [9.17, 15) is 4.79 Å². The number of benzene rings is 1. The van der Waals surface area contributed by atoms with Gasteiger partial charge in [-0.2, -0.15) is 0 Å². The van der Waals surface area contributed by atoms with Crippen molar-refractivity contribution in [3.63, 3.8) is 0 Å². The SMILES string of the molecule is CCCCCNC(=O)C(C)N[C@@H](C)c1ccc(Br)cc1. The first-order valence-electron chi connectivity index (χ1n) is 7.33. The predicted octanol–water partition coefficient (Wildman–Crippen LogP) is 3.79. The molecule has 0 aliphatic rings. The van der Waals surface area contributed by atoms with Gasteiger partial charge in [-0.1, -0.05) is 47.8 Å². The molecule has 0 bridgehead atoms. The van der Waals surface area contributed by atoms with E-state index in [0.717, 1.165) is 23.9 Å². The average Bonchev–Trinajstić information content (AvgIpc) is 2.44. The molecule has 2 atom stereocenters. The molecule has 0 aromatic heterocycles. The number of halogens is 1. The highest BCUT2D eigenvalue weighted by molar-refractivity contribution is 9.10. The van der Waals surface area contributed by atoms with Crippen LogP contribution in [0.1, 0.15) is 51.6 Å². The van der Waals surface area contributed by atoms with Crippen molar-refractivity contribution >= 4 is 21.8 Å². The fourth-order valence-electron chi connectivity index (χ4n) is 2.04. The zero-order valence-electron chi connectivity index (χ0n) is 12.6. The van der Waals surface area contributed by atoms with Gasteiger partial charge >= 0.3 is 0 Å². The zero-order valence-corrected chi connectivity index (χ0v) is 14.2. The molecule has 2 N–H and O–H groups in total. The fourth-order valence-corrected chi connectivity index (χ4v) is 2.30. The van der Waals surface area contributed by atoms with Gasteiger partial charge in [0.15, 0.2) is 0 Å². The van der Waals surface area contributed by atoms with Crippen molar-refractivity contribution in [2.24, 2.45) is 0 Å². The van der Waals surface area contributed by atoms with Crippen molar-refractivity contribution in [3.8, 4) is 0 Å². The molecule has 0 aliphatic heterocycles. The minimum atomic E-state index is -0.185. The van der Waals surface area contributed by atoms with Crippen LogP contribution in [0.15, 0.2) is 28.7 Å². The van der Waals surface area contributed by atoms with Gasteiger partial charge in [0.2, 0.25) is 5.91 Å². The molecule has 0 aliphatic carbocycles. The second kappa shape index (κ2) is 9.14. The van der Waals surface area contributed by atoms with Crippen LogP contribution in [0, 0.1) is 0 Å². The molecule has 1 aromatic rings. The van der Waals surface area contributed by atoms with Gasteiger partial charge < -0.3 is 5.32 Å². The van der Waals surface area contributed by atoms with E-state index >= 15 is 0 Å². The largest absolute Gasteiger partial charge is 0.355 e. The van der Waals surface area contributed by atoms with Crippen LogP contribution in [0.3, 0.4) is 0 Å². The predicted molar refractivity (Wildman–Crippen MR) is 87.7 cm³/mol. The van der Waals surface area contributed by atoms with Crippen molar-refractivity contribution in [2.75, 3.05) is 6.54 Å². The van der Waals surface area contributed by atoms with Gasteiger partial charge in [0.25, 0.3) is 0 Å². The first-order valence-corrected chi connectivity index (χ1v) is 8.13. The van der Waals surface area contributed by atoms with Crippen molar-refractivity contribution in [2.45, 2.75) is 52.1 Å². The molecule has 1 aromatic carbocycles. The van der Waals surface area contributed by atoms with E-state index in [2.05, 4.69) is 52.5 Å². The van der Waals surface area contributed by atoms with E-state index in [1.165, 1.54) is 12.0 Å². The number of carbonyl (C=O) groups is 1. The lowest BCUT2D eigenvalue weighted by Gasteiger charge is -2.20. The van der Waals surface area contributed by atoms with Crippen LogP contribution in [-0.4, -0.2) is 18.5 Å². The topological polar surface area (TPSA) is 41.1 Å². The summed E-state index contributed by atoms with van der Waals surface area (Å²) in [7, 11) is 0. The molecule has 0 heterocycles. The number of hydrogen-bond donors (Lipinski definition) is 2. The Morgan fingerprint density at radius 2 is 1.85 bits per heavy atom. The number of carbonyl (C=O) groups excluding carboxylic acids is 1. The van der Waals surface area contributed by atoms with Gasteiger partial charge in [0.1, 0.15) is 0 Å². The van der Waals surface area contributed by atoms with Crippen LogP contribution in [0.2, 0.25) is 0 Å². The van der Waals surface area contributed by atoms with Crippen molar-refractivity contribution < 1.29 is 4.79 Å². The summed E-state index contributed by atoms with van der Waals surface area (Å²) in [4.78, 5) is 11.9. The van der Waals surface area contributed by atoms with Crippen LogP contribution in [0.4, 0.5) is 0 Å².